The standard InChI is InChI=1S/C10H15N3O2/c1-7-9(3-5-15-7)10(14)11-6-8-2-4-12-13-8/h2,4,7,9H,3,5-6H2,1H3,(H,11,14)(H,12,13). The Bertz CT molecular complexity index is 323. The van der Waals surface area contributed by atoms with E-state index in [9.17, 15) is 4.79 Å². The van der Waals surface area contributed by atoms with Gasteiger partial charge >= 0.3 is 0 Å². The molecule has 1 aliphatic heterocycles. The predicted molar refractivity (Wildman–Crippen MR) is 54.0 cm³/mol. The fourth-order valence-electron chi connectivity index (χ4n) is 1.77. The van der Waals surface area contributed by atoms with E-state index in [1.165, 1.54) is 0 Å². The molecule has 5 nitrogen and oxygen atoms in total. The van der Waals surface area contributed by atoms with Crippen LogP contribution in [0.25, 0.3) is 0 Å². The van der Waals surface area contributed by atoms with E-state index < -0.39 is 0 Å². The molecule has 2 unspecified atom stereocenters. The minimum atomic E-state index is -0.00655. The summed E-state index contributed by atoms with van der Waals surface area (Å²) < 4.78 is 5.34. The zero-order valence-corrected chi connectivity index (χ0v) is 8.69. The SMILES string of the molecule is CC1OCCC1C(=O)NCc1ccn[nH]1. The molecule has 0 aromatic carbocycles. The van der Waals surface area contributed by atoms with Gasteiger partial charge in [-0.1, -0.05) is 0 Å². The highest BCUT2D eigenvalue weighted by Gasteiger charge is 2.30. The number of hydrogen-bond acceptors (Lipinski definition) is 3. The maximum Gasteiger partial charge on any atom is 0.226 e. The molecule has 2 N–H and O–H groups in total. The van der Waals surface area contributed by atoms with Gasteiger partial charge in [0.1, 0.15) is 0 Å². The fourth-order valence-corrected chi connectivity index (χ4v) is 1.77. The van der Waals surface area contributed by atoms with Crippen LogP contribution in [-0.4, -0.2) is 28.8 Å². The molecule has 0 radical (unpaired) electrons. The largest absolute Gasteiger partial charge is 0.378 e. The van der Waals surface area contributed by atoms with E-state index in [0.717, 1.165) is 12.1 Å². The molecule has 0 saturated carbocycles. The smallest absolute Gasteiger partial charge is 0.226 e. The molecular formula is C10H15N3O2. The number of hydrogen-bond donors (Lipinski definition) is 2. The summed E-state index contributed by atoms with van der Waals surface area (Å²) >= 11 is 0. The van der Waals surface area contributed by atoms with Gasteiger partial charge in [0.2, 0.25) is 5.91 Å². The van der Waals surface area contributed by atoms with Crippen LogP contribution in [0.5, 0.6) is 0 Å². The summed E-state index contributed by atoms with van der Waals surface area (Å²) in [6.45, 7) is 3.12. The minimum absolute atomic E-state index is 0.00655. The third-order valence-corrected chi connectivity index (χ3v) is 2.72. The fraction of sp³-hybridized carbons (Fsp3) is 0.600. The first-order chi connectivity index (χ1) is 7.27. The molecule has 1 fully saturated rings. The predicted octanol–water partition coefficient (Wildman–Crippen LogP) is 0.451. The highest BCUT2D eigenvalue weighted by atomic mass is 16.5. The van der Waals surface area contributed by atoms with Crippen molar-refractivity contribution in [2.45, 2.75) is 26.0 Å². The van der Waals surface area contributed by atoms with Crippen molar-refractivity contribution in [3.8, 4) is 0 Å². The zero-order chi connectivity index (χ0) is 10.7. The number of rotatable bonds is 3. The van der Waals surface area contributed by atoms with Crippen LogP contribution in [0.1, 0.15) is 19.0 Å². The van der Waals surface area contributed by atoms with E-state index in [2.05, 4.69) is 15.5 Å². The number of aromatic nitrogens is 2. The molecule has 82 valence electrons. The van der Waals surface area contributed by atoms with Gasteiger partial charge in [-0.25, -0.2) is 0 Å². The minimum Gasteiger partial charge on any atom is -0.378 e. The Morgan fingerprint density at radius 1 is 1.80 bits per heavy atom. The topological polar surface area (TPSA) is 67.0 Å². The molecule has 15 heavy (non-hydrogen) atoms. The van der Waals surface area contributed by atoms with Gasteiger partial charge in [-0.2, -0.15) is 5.10 Å². The van der Waals surface area contributed by atoms with E-state index >= 15 is 0 Å². The van der Waals surface area contributed by atoms with Crippen molar-refractivity contribution in [1.29, 1.82) is 0 Å². The Balaban J connectivity index is 1.82. The quantitative estimate of drug-likeness (QED) is 0.759. The van der Waals surface area contributed by atoms with Crippen LogP contribution >= 0.6 is 0 Å². The monoisotopic (exact) mass is 209 g/mol. The van der Waals surface area contributed by atoms with Crippen LogP contribution in [0.4, 0.5) is 0 Å². The van der Waals surface area contributed by atoms with Crippen LogP contribution in [0.2, 0.25) is 0 Å². The first-order valence-electron chi connectivity index (χ1n) is 5.15. The van der Waals surface area contributed by atoms with E-state index in [1.807, 2.05) is 13.0 Å². The second kappa shape index (κ2) is 4.44. The maximum atomic E-state index is 11.7. The average Bonchev–Trinajstić information content (AvgIpc) is 2.84. The van der Waals surface area contributed by atoms with Crippen molar-refractivity contribution in [3.05, 3.63) is 18.0 Å². The third kappa shape index (κ3) is 2.36. The molecule has 1 aromatic heterocycles. The molecule has 1 aliphatic rings. The van der Waals surface area contributed by atoms with Crippen molar-refractivity contribution in [1.82, 2.24) is 15.5 Å². The first-order valence-corrected chi connectivity index (χ1v) is 5.15. The van der Waals surface area contributed by atoms with Gasteiger partial charge in [0.15, 0.2) is 0 Å². The van der Waals surface area contributed by atoms with Crippen LogP contribution in [-0.2, 0) is 16.1 Å². The van der Waals surface area contributed by atoms with E-state index in [-0.39, 0.29) is 17.9 Å². The first kappa shape index (κ1) is 10.2. The Labute approximate surface area is 88.2 Å². The lowest BCUT2D eigenvalue weighted by molar-refractivity contribution is -0.126. The number of amides is 1. The number of nitrogens with zero attached hydrogens (tertiary/aromatic N) is 1. The van der Waals surface area contributed by atoms with E-state index in [1.54, 1.807) is 6.20 Å². The summed E-state index contributed by atoms with van der Waals surface area (Å²) in [6.07, 6.45) is 2.52. The number of aromatic amines is 1. The Morgan fingerprint density at radius 3 is 3.27 bits per heavy atom. The highest BCUT2D eigenvalue weighted by molar-refractivity contribution is 5.79. The summed E-state index contributed by atoms with van der Waals surface area (Å²) in [5.74, 6) is 0.0579. The van der Waals surface area contributed by atoms with Crippen molar-refractivity contribution < 1.29 is 9.53 Å². The van der Waals surface area contributed by atoms with Gasteiger partial charge in [0, 0.05) is 12.8 Å². The second-order valence-corrected chi connectivity index (χ2v) is 3.77. The van der Waals surface area contributed by atoms with Crippen LogP contribution < -0.4 is 5.32 Å². The molecular weight excluding hydrogens is 194 g/mol. The molecule has 1 saturated heterocycles. The van der Waals surface area contributed by atoms with Crippen molar-refractivity contribution in [2.24, 2.45) is 5.92 Å². The Kier molecular flexibility index (Phi) is 3.01. The molecule has 2 rings (SSSR count). The van der Waals surface area contributed by atoms with Gasteiger partial charge in [0.25, 0.3) is 0 Å². The van der Waals surface area contributed by atoms with Crippen LogP contribution in [0.3, 0.4) is 0 Å². The molecule has 0 spiro atoms. The van der Waals surface area contributed by atoms with Gasteiger partial charge in [-0.15, -0.1) is 0 Å². The van der Waals surface area contributed by atoms with Crippen molar-refractivity contribution >= 4 is 5.91 Å². The summed E-state index contributed by atoms with van der Waals surface area (Å²) in [6, 6.07) is 1.84. The highest BCUT2D eigenvalue weighted by Crippen LogP contribution is 2.20. The molecule has 1 aromatic rings. The number of H-pyrrole nitrogens is 1. The lowest BCUT2D eigenvalue weighted by Gasteiger charge is -2.13. The van der Waals surface area contributed by atoms with Crippen molar-refractivity contribution in [2.75, 3.05) is 6.61 Å². The van der Waals surface area contributed by atoms with E-state index in [4.69, 9.17) is 4.74 Å². The Morgan fingerprint density at radius 2 is 2.67 bits per heavy atom. The van der Waals surface area contributed by atoms with Gasteiger partial charge in [-0.05, 0) is 19.4 Å². The molecule has 5 heteroatoms. The molecule has 1 amide bonds. The van der Waals surface area contributed by atoms with Crippen molar-refractivity contribution in [3.63, 3.8) is 0 Å². The average molecular weight is 209 g/mol. The number of carbonyl (C=O) groups excluding carboxylic acids is 1. The van der Waals surface area contributed by atoms with Crippen LogP contribution in [0, 0.1) is 5.92 Å². The van der Waals surface area contributed by atoms with E-state index in [0.29, 0.717) is 13.2 Å². The number of carbonyl (C=O) groups is 1. The number of nitrogens with one attached hydrogen (secondary N) is 2. The maximum absolute atomic E-state index is 11.7. The molecule has 0 aliphatic carbocycles. The molecule has 2 heterocycles. The van der Waals surface area contributed by atoms with Crippen LogP contribution in [0.15, 0.2) is 12.3 Å². The van der Waals surface area contributed by atoms with Gasteiger partial charge in [-0.3, -0.25) is 9.89 Å². The summed E-state index contributed by atoms with van der Waals surface area (Å²) in [7, 11) is 0. The summed E-state index contributed by atoms with van der Waals surface area (Å²) in [5.41, 5.74) is 0.912. The Hall–Kier alpha value is -1.36. The number of ether oxygens (including phenoxy) is 1. The molecule has 0 bridgehead atoms. The second-order valence-electron chi connectivity index (χ2n) is 3.77. The van der Waals surface area contributed by atoms with Gasteiger partial charge < -0.3 is 10.1 Å². The lowest BCUT2D eigenvalue weighted by atomic mass is 10.0. The third-order valence-electron chi connectivity index (χ3n) is 2.72. The summed E-state index contributed by atoms with van der Waals surface area (Å²) in [5, 5.41) is 9.48. The normalized spacial score (nSPS) is 25.4. The van der Waals surface area contributed by atoms with Gasteiger partial charge in [0.05, 0.1) is 24.3 Å². The molecule has 2 atom stereocenters. The zero-order valence-electron chi connectivity index (χ0n) is 8.69. The summed E-state index contributed by atoms with van der Waals surface area (Å²) in [4.78, 5) is 11.7. The lowest BCUT2D eigenvalue weighted by Crippen LogP contribution is -2.33.